The van der Waals surface area contributed by atoms with Crippen molar-refractivity contribution in [2.75, 3.05) is 5.32 Å². The zero-order chi connectivity index (χ0) is 18.2. The highest BCUT2D eigenvalue weighted by Crippen LogP contribution is 2.31. The van der Waals surface area contributed by atoms with Crippen LogP contribution in [0, 0.1) is 0 Å². The van der Waals surface area contributed by atoms with E-state index in [0.29, 0.717) is 9.99 Å². The molecule has 0 saturated heterocycles. The summed E-state index contributed by atoms with van der Waals surface area (Å²) in [7, 11) is -4.02. The molecule has 130 valence electrons. The minimum Gasteiger partial charge on any atom is -0.324 e. The number of hydrogen-bond donors (Lipinski definition) is 1. The van der Waals surface area contributed by atoms with E-state index >= 15 is 0 Å². The average Bonchev–Trinajstić information content (AvgIpc) is 2.81. The molecule has 25 heavy (non-hydrogen) atoms. The predicted molar refractivity (Wildman–Crippen MR) is 93.7 cm³/mol. The van der Waals surface area contributed by atoms with Crippen molar-refractivity contribution in [2.24, 2.45) is 0 Å². The number of rotatable bonds is 4. The maximum absolute atomic E-state index is 12.6. The summed E-state index contributed by atoms with van der Waals surface area (Å²) < 4.78 is 25.8. The second-order valence-electron chi connectivity index (χ2n) is 5.82. The van der Waals surface area contributed by atoms with Crippen LogP contribution in [0.25, 0.3) is 0 Å². The molecule has 1 aliphatic heterocycles. The SMILES string of the molecule is CCc1ccc(NC(=O)[C@@H](C)N2C(=O)c3ccccc3S2(=O)=O)cc1. The molecule has 3 rings (SSSR count). The van der Waals surface area contributed by atoms with Crippen LogP contribution >= 0.6 is 0 Å². The van der Waals surface area contributed by atoms with E-state index in [-0.39, 0.29) is 10.5 Å². The normalized spacial score (nSPS) is 16.4. The van der Waals surface area contributed by atoms with Crippen molar-refractivity contribution in [2.45, 2.75) is 31.2 Å². The van der Waals surface area contributed by atoms with E-state index in [1.807, 2.05) is 19.1 Å². The Bertz CT molecular complexity index is 936. The van der Waals surface area contributed by atoms with Crippen LogP contribution in [0.1, 0.15) is 29.8 Å². The molecule has 2 amide bonds. The van der Waals surface area contributed by atoms with Gasteiger partial charge in [0.05, 0.1) is 5.56 Å². The number of amides is 2. The molecule has 0 unspecified atom stereocenters. The molecule has 2 aromatic carbocycles. The Hall–Kier alpha value is -2.67. The molecule has 7 heteroatoms. The van der Waals surface area contributed by atoms with Gasteiger partial charge in [0.25, 0.3) is 15.9 Å². The van der Waals surface area contributed by atoms with Crippen LogP contribution in [0.5, 0.6) is 0 Å². The van der Waals surface area contributed by atoms with Gasteiger partial charge in [0.15, 0.2) is 0 Å². The first-order valence-corrected chi connectivity index (χ1v) is 9.38. The van der Waals surface area contributed by atoms with E-state index < -0.39 is 27.9 Å². The fraction of sp³-hybridized carbons (Fsp3) is 0.222. The molecule has 1 heterocycles. The third-order valence-corrected chi connectivity index (χ3v) is 6.13. The minimum atomic E-state index is -4.02. The van der Waals surface area contributed by atoms with Crippen molar-refractivity contribution < 1.29 is 18.0 Å². The number of benzene rings is 2. The Morgan fingerprint density at radius 2 is 1.76 bits per heavy atom. The summed E-state index contributed by atoms with van der Waals surface area (Å²) in [4.78, 5) is 24.9. The summed E-state index contributed by atoms with van der Waals surface area (Å²) in [5.74, 6) is -1.24. The summed E-state index contributed by atoms with van der Waals surface area (Å²) >= 11 is 0. The summed E-state index contributed by atoms with van der Waals surface area (Å²) in [5, 5.41) is 2.66. The van der Waals surface area contributed by atoms with Crippen molar-refractivity contribution >= 4 is 27.5 Å². The Labute approximate surface area is 146 Å². The minimum absolute atomic E-state index is 0.0630. The van der Waals surface area contributed by atoms with Crippen LogP contribution in [0.3, 0.4) is 0 Å². The number of aryl methyl sites for hydroxylation is 1. The number of nitrogens with one attached hydrogen (secondary N) is 1. The molecule has 1 N–H and O–H groups in total. The molecule has 0 saturated carbocycles. The number of anilines is 1. The van der Waals surface area contributed by atoms with Crippen LogP contribution in [0.2, 0.25) is 0 Å². The third-order valence-electron chi connectivity index (χ3n) is 4.22. The number of fused-ring (bicyclic) bond motifs is 1. The summed E-state index contributed by atoms with van der Waals surface area (Å²) in [6.45, 7) is 3.42. The van der Waals surface area contributed by atoms with Gasteiger partial charge in [-0.25, -0.2) is 12.7 Å². The Morgan fingerprint density at radius 1 is 1.12 bits per heavy atom. The predicted octanol–water partition coefficient (Wildman–Crippen LogP) is 2.42. The Morgan fingerprint density at radius 3 is 2.36 bits per heavy atom. The zero-order valence-electron chi connectivity index (χ0n) is 13.9. The van der Waals surface area contributed by atoms with Crippen molar-refractivity contribution in [1.82, 2.24) is 4.31 Å². The fourth-order valence-electron chi connectivity index (χ4n) is 2.76. The van der Waals surface area contributed by atoms with E-state index in [9.17, 15) is 18.0 Å². The van der Waals surface area contributed by atoms with Crippen molar-refractivity contribution in [1.29, 1.82) is 0 Å². The Balaban J connectivity index is 1.84. The number of carbonyl (C=O) groups excluding carboxylic acids is 2. The first-order valence-electron chi connectivity index (χ1n) is 7.94. The van der Waals surface area contributed by atoms with E-state index in [1.165, 1.54) is 19.1 Å². The lowest BCUT2D eigenvalue weighted by molar-refractivity contribution is -0.118. The maximum Gasteiger partial charge on any atom is 0.269 e. The van der Waals surface area contributed by atoms with Crippen LogP contribution < -0.4 is 5.32 Å². The molecule has 0 aliphatic carbocycles. The molecular formula is C18H18N2O4S. The smallest absolute Gasteiger partial charge is 0.269 e. The lowest BCUT2D eigenvalue weighted by atomic mass is 10.1. The third kappa shape index (κ3) is 2.91. The molecule has 1 aliphatic rings. The van der Waals surface area contributed by atoms with Gasteiger partial charge in [-0.15, -0.1) is 0 Å². The van der Waals surface area contributed by atoms with Gasteiger partial charge in [-0.1, -0.05) is 31.2 Å². The largest absolute Gasteiger partial charge is 0.324 e. The molecule has 6 nitrogen and oxygen atoms in total. The van der Waals surface area contributed by atoms with Gasteiger partial charge in [0, 0.05) is 5.69 Å². The van der Waals surface area contributed by atoms with Crippen LogP contribution in [-0.2, 0) is 21.2 Å². The number of sulfonamides is 1. The quantitative estimate of drug-likeness (QED) is 0.910. The lowest BCUT2D eigenvalue weighted by Crippen LogP contribution is -2.45. The number of hydrogen-bond acceptors (Lipinski definition) is 4. The standard InChI is InChI=1S/C18H18N2O4S/c1-3-13-8-10-14(11-9-13)19-17(21)12(2)20-18(22)15-6-4-5-7-16(15)25(20,23)24/h4-12H,3H2,1-2H3,(H,19,21)/t12-/m1/s1. The second-order valence-corrected chi connectivity index (χ2v) is 7.60. The zero-order valence-corrected chi connectivity index (χ0v) is 14.7. The lowest BCUT2D eigenvalue weighted by Gasteiger charge is -2.22. The van der Waals surface area contributed by atoms with Gasteiger partial charge < -0.3 is 5.32 Å². The number of nitrogens with zero attached hydrogens (tertiary/aromatic N) is 1. The van der Waals surface area contributed by atoms with Gasteiger partial charge >= 0.3 is 0 Å². The molecule has 0 fully saturated rings. The molecule has 0 radical (unpaired) electrons. The molecule has 0 bridgehead atoms. The number of carbonyl (C=O) groups is 2. The summed E-state index contributed by atoms with van der Waals surface area (Å²) in [6, 6.07) is 12.1. The van der Waals surface area contributed by atoms with E-state index in [2.05, 4.69) is 5.32 Å². The van der Waals surface area contributed by atoms with Crippen LogP contribution in [0.4, 0.5) is 5.69 Å². The first-order chi connectivity index (χ1) is 11.9. The average molecular weight is 358 g/mol. The van der Waals surface area contributed by atoms with Crippen molar-refractivity contribution in [3.63, 3.8) is 0 Å². The van der Waals surface area contributed by atoms with Gasteiger partial charge in [-0.2, -0.15) is 0 Å². The Kier molecular flexibility index (Phi) is 4.34. The van der Waals surface area contributed by atoms with E-state index in [0.717, 1.165) is 12.0 Å². The van der Waals surface area contributed by atoms with Crippen molar-refractivity contribution in [3.05, 3.63) is 59.7 Å². The van der Waals surface area contributed by atoms with E-state index in [1.54, 1.807) is 24.3 Å². The van der Waals surface area contributed by atoms with Gasteiger partial charge in [0.2, 0.25) is 5.91 Å². The monoisotopic (exact) mass is 358 g/mol. The molecule has 0 aromatic heterocycles. The first kappa shape index (κ1) is 17.2. The fourth-order valence-corrected chi connectivity index (χ4v) is 4.49. The maximum atomic E-state index is 12.6. The summed E-state index contributed by atoms with van der Waals surface area (Å²) in [6.07, 6.45) is 0.878. The highest BCUT2D eigenvalue weighted by atomic mass is 32.2. The topological polar surface area (TPSA) is 83.6 Å². The van der Waals surface area contributed by atoms with Gasteiger partial charge in [-0.3, -0.25) is 9.59 Å². The van der Waals surface area contributed by atoms with Crippen LogP contribution in [0.15, 0.2) is 53.4 Å². The molecular weight excluding hydrogens is 340 g/mol. The summed E-state index contributed by atoms with van der Waals surface area (Å²) in [5.41, 5.74) is 1.77. The molecule has 1 atom stereocenters. The highest BCUT2D eigenvalue weighted by Gasteiger charge is 2.45. The van der Waals surface area contributed by atoms with Gasteiger partial charge in [-0.05, 0) is 43.2 Å². The van der Waals surface area contributed by atoms with Crippen LogP contribution in [-0.4, -0.2) is 30.6 Å². The molecule has 2 aromatic rings. The van der Waals surface area contributed by atoms with Gasteiger partial charge in [0.1, 0.15) is 10.9 Å². The highest BCUT2D eigenvalue weighted by molar-refractivity contribution is 7.90. The van der Waals surface area contributed by atoms with E-state index in [4.69, 9.17) is 0 Å². The van der Waals surface area contributed by atoms with Crippen molar-refractivity contribution in [3.8, 4) is 0 Å². The molecule has 0 spiro atoms. The second kappa shape index (κ2) is 6.33.